The lowest BCUT2D eigenvalue weighted by Crippen LogP contribution is -2.90. The third-order valence-corrected chi connectivity index (χ3v) is 2.58. The van der Waals surface area contributed by atoms with Crippen molar-refractivity contribution in [2.24, 2.45) is 0 Å². The van der Waals surface area contributed by atoms with E-state index in [2.05, 4.69) is 19.2 Å². The number of Topliss-reactive ketones (excluding diaryl/α,β-unsaturated/α-hetero) is 1. The predicted octanol–water partition coefficient (Wildman–Crippen LogP) is 0.601. The molecule has 0 saturated heterocycles. The monoisotopic (exact) mass is 252 g/mol. The summed E-state index contributed by atoms with van der Waals surface area (Å²) < 4.78 is 5.45. The fourth-order valence-electron chi connectivity index (χ4n) is 1.48. The number of hydrogen-bond donors (Lipinski definition) is 2. The molecular formula is C14H22NO3+. The summed E-state index contributed by atoms with van der Waals surface area (Å²) in [6, 6.07) is 7.41. The molecule has 1 atom stereocenters. The molecule has 3 N–H and O–H groups in total. The van der Waals surface area contributed by atoms with Crippen LogP contribution in [0.15, 0.2) is 24.3 Å². The molecule has 0 radical (unpaired) electrons. The summed E-state index contributed by atoms with van der Waals surface area (Å²) in [5.74, 6) is 0.705. The highest BCUT2D eigenvalue weighted by Crippen LogP contribution is 2.12. The van der Waals surface area contributed by atoms with Gasteiger partial charge in [0.1, 0.15) is 25.0 Å². The van der Waals surface area contributed by atoms with E-state index in [0.717, 1.165) is 0 Å². The number of nitrogens with two attached hydrogens (primary N) is 1. The molecule has 4 heteroatoms. The summed E-state index contributed by atoms with van der Waals surface area (Å²) in [7, 11) is 0. The molecule has 0 bridgehead atoms. The van der Waals surface area contributed by atoms with Crippen molar-refractivity contribution < 1.29 is 20.0 Å². The zero-order valence-electron chi connectivity index (χ0n) is 11.2. The van der Waals surface area contributed by atoms with E-state index in [9.17, 15) is 9.90 Å². The van der Waals surface area contributed by atoms with Crippen LogP contribution < -0.4 is 10.1 Å². The number of ketones is 1. The second-order valence-electron chi connectivity index (χ2n) is 4.76. The van der Waals surface area contributed by atoms with Crippen molar-refractivity contribution >= 4 is 5.78 Å². The lowest BCUT2D eigenvalue weighted by molar-refractivity contribution is -0.688. The SMILES string of the molecule is CC(=O)c1ccc(OC[C@@H](O)C[NH2+]C(C)C)cc1. The van der Waals surface area contributed by atoms with Crippen LogP contribution in [0.2, 0.25) is 0 Å². The van der Waals surface area contributed by atoms with Crippen molar-refractivity contribution in [3.8, 4) is 5.75 Å². The van der Waals surface area contributed by atoms with Crippen LogP contribution in [0.1, 0.15) is 31.1 Å². The first-order valence-electron chi connectivity index (χ1n) is 6.24. The van der Waals surface area contributed by atoms with Crippen molar-refractivity contribution in [2.75, 3.05) is 13.2 Å². The highest BCUT2D eigenvalue weighted by Gasteiger charge is 2.08. The van der Waals surface area contributed by atoms with E-state index >= 15 is 0 Å². The van der Waals surface area contributed by atoms with Crippen LogP contribution in [0, 0.1) is 0 Å². The Morgan fingerprint density at radius 2 is 1.94 bits per heavy atom. The third kappa shape index (κ3) is 5.29. The van der Waals surface area contributed by atoms with E-state index in [1.807, 2.05) is 0 Å². The molecule has 1 aromatic carbocycles. The molecule has 1 rings (SSSR count). The average molecular weight is 252 g/mol. The molecule has 0 fully saturated rings. The van der Waals surface area contributed by atoms with Gasteiger partial charge in [0.05, 0.1) is 6.04 Å². The molecule has 0 heterocycles. The summed E-state index contributed by atoms with van der Waals surface area (Å²) in [5, 5.41) is 11.8. The summed E-state index contributed by atoms with van der Waals surface area (Å²) in [6.07, 6.45) is -0.486. The molecule has 0 unspecified atom stereocenters. The Kier molecular flexibility index (Phi) is 5.82. The van der Waals surface area contributed by atoms with Crippen LogP contribution in [0.25, 0.3) is 0 Å². The van der Waals surface area contributed by atoms with E-state index in [4.69, 9.17) is 4.74 Å². The van der Waals surface area contributed by atoms with Crippen LogP contribution in [-0.4, -0.2) is 36.2 Å². The van der Waals surface area contributed by atoms with Gasteiger partial charge in [-0.3, -0.25) is 4.79 Å². The van der Waals surface area contributed by atoms with Crippen LogP contribution in [0.4, 0.5) is 0 Å². The first-order valence-corrected chi connectivity index (χ1v) is 6.24. The maximum atomic E-state index is 11.1. The number of carbonyl (C=O) groups excluding carboxylic acids is 1. The van der Waals surface area contributed by atoms with Crippen molar-refractivity contribution in [3.05, 3.63) is 29.8 Å². The van der Waals surface area contributed by atoms with Crippen molar-refractivity contribution in [1.29, 1.82) is 0 Å². The number of aliphatic hydroxyl groups is 1. The number of hydrogen-bond acceptors (Lipinski definition) is 3. The molecule has 0 aromatic heterocycles. The fourth-order valence-corrected chi connectivity index (χ4v) is 1.48. The molecule has 0 aliphatic rings. The van der Waals surface area contributed by atoms with Crippen LogP contribution in [0.3, 0.4) is 0 Å². The number of ether oxygens (including phenoxy) is 1. The van der Waals surface area contributed by atoms with E-state index < -0.39 is 6.10 Å². The molecule has 1 aromatic rings. The average Bonchev–Trinajstić information content (AvgIpc) is 2.34. The molecule has 4 nitrogen and oxygen atoms in total. The van der Waals surface area contributed by atoms with Crippen LogP contribution in [0.5, 0.6) is 5.75 Å². The molecule has 0 spiro atoms. The van der Waals surface area contributed by atoms with Crippen molar-refractivity contribution in [2.45, 2.75) is 32.9 Å². The number of rotatable bonds is 7. The van der Waals surface area contributed by atoms with Gasteiger partial charge in [0.25, 0.3) is 0 Å². The maximum Gasteiger partial charge on any atom is 0.159 e. The molecule has 18 heavy (non-hydrogen) atoms. The van der Waals surface area contributed by atoms with E-state index in [0.29, 0.717) is 23.9 Å². The third-order valence-electron chi connectivity index (χ3n) is 2.58. The zero-order valence-corrected chi connectivity index (χ0v) is 11.2. The Labute approximate surface area is 108 Å². The van der Waals surface area contributed by atoms with Crippen molar-refractivity contribution in [1.82, 2.24) is 0 Å². The number of aliphatic hydroxyl groups excluding tert-OH is 1. The van der Waals surface area contributed by atoms with Gasteiger partial charge in [-0.05, 0) is 45.0 Å². The van der Waals surface area contributed by atoms with E-state index in [1.54, 1.807) is 24.3 Å². The van der Waals surface area contributed by atoms with Crippen molar-refractivity contribution in [3.63, 3.8) is 0 Å². The predicted molar refractivity (Wildman–Crippen MR) is 69.9 cm³/mol. The van der Waals surface area contributed by atoms with E-state index in [-0.39, 0.29) is 12.4 Å². The molecule has 0 amide bonds. The highest BCUT2D eigenvalue weighted by atomic mass is 16.5. The number of carbonyl (C=O) groups is 1. The van der Waals surface area contributed by atoms with Gasteiger partial charge in [-0.25, -0.2) is 0 Å². The molecule has 100 valence electrons. The Hall–Kier alpha value is -1.39. The van der Waals surface area contributed by atoms with Gasteiger partial charge >= 0.3 is 0 Å². The van der Waals surface area contributed by atoms with Gasteiger partial charge in [-0.2, -0.15) is 0 Å². The summed E-state index contributed by atoms with van der Waals surface area (Å²) in [6.45, 7) is 6.58. The topological polar surface area (TPSA) is 63.1 Å². The number of benzene rings is 1. The lowest BCUT2D eigenvalue weighted by atomic mass is 10.1. The van der Waals surface area contributed by atoms with Gasteiger partial charge in [0.2, 0.25) is 0 Å². The fraction of sp³-hybridized carbons (Fsp3) is 0.500. The standard InChI is InChI=1S/C14H21NO3/c1-10(2)15-8-13(17)9-18-14-6-4-12(5-7-14)11(3)16/h4-7,10,13,15,17H,8-9H2,1-3H3/p+1/t13-/m0/s1. The van der Waals surface area contributed by atoms with E-state index in [1.165, 1.54) is 6.92 Å². The Bertz CT molecular complexity index is 373. The second kappa shape index (κ2) is 7.13. The minimum atomic E-state index is -0.486. The lowest BCUT2D eigenvalue weighted by Gasteiger charge is -2.12. The van der Waals surface area contributed by atoms with Gasteiger partial charge in [-0.15, -0.1) is 0 Å². The number of quaternary nitrogens is 1. The van der Waals surface area contributed by atoms with Gasteiger partial charge in [-0.1, -0.05) is 0 Å². The first kappa shape index (κ1) is 14.7. The quantitative estimate of drug-likeness (QED) is 0.699. The zero-order chi connectivity index (χ0) is 13.5. The summed E-state index contributed by atoms with van der Waals surface area (Å²) in [5.41, 5.74) is 0.663. The Morgan fingerprint density at radius 3 is 2.44 bits per heavy atom. The van der Waals surface area contributed by atoms with Gasteiger partial charge in [0, 0.05) is 5.56 Å². The van der Waals surface area contributed by atoms with Crippen LogP contribution >= 0.6 is 0 Å². The molecule has 0 aliphatic heterocycles. The highest BCUT2D eigenvalue weighted by molar-refractivity contribution is 5.94. The smallest absolute Gasteiger partial charge is 0.159 e. The maximum absolute atomic E-state index is 11.1. The Balaban J connectivity index is 2.36. The minimum absolute atomic E-state index is 0.0353. The first-order chi connectivity index (χ1) is 8.49. The van der Waals surface area contributed by atoms with Gasteiger partial charge in [0.15, 0.2) is 5.78 Å². The second-order valence-corrected chi connectivity index (χ2v) is 4.76. The Morgan fingerprint density at radius 1 is 1.33 bits per heavy atom. The summed E-state index contributed by atoms with van der Waals surface area (Å²) >= 11 is 0. The molecule has 0 saturated carbocycles. The van der Waals surface area contributed by atoms with Crippen LogP contribution in [-0.2, 0) is 0 Å². The minimum Gasteiger partial charge on any atom is -0.491 e. The summed E-state index contributed by atoms with van der Waals surface area (Å²) in [4.78, 5) is 11.1. The molecular weight excluding hydrogens is 230 g/mol. The largest absolute Gasteiger partial charge is 0.491 e. The van der Waals surface area contributed by atoms with Gasteiger partial charge < -0.3 is 15.2 Å². The molecule has 0 aliphatic carbocycles. The normalized spacial score (nSPS) is 12.5.